The molecule has 13 nitrogen and oxygen atoms in total. The number of nitrogens with two attached hydrogens (primary N) is 1. The molecule has 3 atom stereocenters. The number of hydrogen-bond donors (Lipinski definition) is 6. The molecule has 2 aliphatic heterocycles. The lowest BCUT2D eigenvalue weighted by atomic mass is 10.0. The van der Waals surface area contributed by atoms with Crippen molar-refractivity contribution in [2.75, 3.05) is 5.73 Å². The zero-order chi connectivity index (χ0) is 22.7. The van der Waals surface area contributed by atoms with Gasteiger partial charge in [-0.05, 0) is 18.6 Å². The normalized spacial score (nSPS) is 19.9. The van der Waals surface area contributed by atoms with Crippen LogP contribution >= 0.6 is 0 Å². The van der Waals surface area contributed by atoms with Crippen LogP contribution < -0.4 is 11.1 Å². The molecule has 1 aromatic rings. The van der Waals surface area contributed by atoms with Gasteiger partial charge in [0.25, 0.3) is 11.8 Å². The van der Waals surface area contributed by atoms with Crippen molar-refractivity contribution in [2.24, 2.45) is 0 Å². The number of carboxylic acid groups (broad SMARTS) is 2. The number of carboxylic acids is 2. The first kappa shape index (κ1) is 22.4. The number of nitrogens with zero attached hydrogens (tertiary/aromatic N) is 1. The van der Waals surface area contributed by atoms with E-state index in [4.69, 9.17) is 26.2 Å². The molecule has 0 bridgehead atoms. The first-order chi connectivity index (χ1) is 14.0. The summed E-state index contributed by atoms with van der Waals surface area (Å²) in [5.74, 6) is -5.70. The summed E-state index contributed by atoms with van der Waals surface area (Å²) in [6.45, 7) is 0. The number of aliphatic carboxylic acids is 2. The maximum Gasteiger partial charge on any atom is 0.335 e. The summed E-state index contributed by atoms with van der Waals surface area (Å²) in [7, 11) is 0. The summed E-state index contributed by atoms with van der Waals surface area (Å²) in [6, 6.07) is 3.64. The molecule has 2 aliphatic rings. The molecule has 3 rings (SSSR count). The SMILES string of the molecule is Nc1cccc2c1C(=O)N(C1CCC(=O)NC1=O)C2=O.O=C(O)C(O)C(O)C(=O)O. The van der Waals surface area contributed by atoms with Gasteiger partial charge >= 0.3 is 11.9 Å². The third-order valence-corrected chi connectivity index (χ3v) is 4.31. The largest absolute Gasteiger partial charge is 0.479 e. The fourth-order valence-electron chi connectivity index (χ4n) is 2.81. The molecular formula is C17H17N3O10. The molecule has 30 heavy (non-hydrogen) atoms. The van der Waals surface area contributed by atoms with E-state index < -0.39 is 53.8 Å². The van der Waals surface area contributed by atoms with Crippen molar-refractivity contribution in [3.8, 4) is 0 Å². The first-order valence-electron chi connectivity index (χ1n) is 8.39. The van der Waals surface area contributed by atoms with Gasteiger partial charge in [0, 0.05) is 12.1 Å². The smallest absolute Gasteiger partial charge is 0.335 e. The number of hydrogen-bond acceptors (Lipinski definition) is 9. The molecule has 7 N–H and O–H groups in total. The number of aliphatic hydroxyl groups excluding tert-OH is 2. The van der Waals surface area contributed by atoms with E-state index in [0.29, 0.717) is 0 Å². The molecule has 2 heterocycles. The van der Waals surface area contributed by atoms with E-state index in [0.717, 1.165) is 4.90 Å². The van der Waals surface area contributed by atoms with Gasteiger partial charge in [0.15, 0.2) is 12.2 Å². The minimum Gasteiger partial charge on any atom is -0.479 e. The summed E-state index contributed by atoms with van der Waals surface area (Å²) < 4.78 is 0. The number of nitrogen functional groups attached to an aromatic ring is 1. The zero-order valence-electron chi connectivity index (χ0n) is 15.1. The van der Waals surface area contributed by atoms with Crippen LogP contribution in [0.2, 0.25) is 0 Å². The van der Waals surface area contributed by atoms with Crippen molar-refractivity contribution in [3.63, 3.8) is 0 Å². The minimum atomic E-state index is -2.27. The maximum absolute atomic E-state index is 12.3. The van der Waals surface area contributed by atoms with Crippen molar-refractivity contribution >= 4 is 41.3 Å². The van der Waals surface area contributed by atoms with Gasteiger partial charge < -0.3 is 26.2 Å². The Morgan fingerprint density at radius 2 is 1.60 bits per heavy atom. The van der Waals surface area contributed by atoms with Crippen molar-refractivity contribution in [1.82, 2.24) is 10.2 Å². The summed E-state index contributed by atoms with van der Waals surface area (Å²) >= 11 is 0. The van der Waals surface area contributed by atoms with Gasteiger partial charge in [-0.25, -0.2) is 9.59 Å². The number of anilines is 1. The van der Waals surface area contributed by atoms with Crippen LogP contribution in [0.5, 0.6) is 0 Å². The van der Waals surface area contributed by atoms with Gasteiger partial charge in [-0.1, -0.05) is 6.07 Å². The van der Waals surface area contributed by atoms with E-state index in [1.807, 2.05) is 0 Å². The number of carbonyl (C=O) groups is 6. The Balaban J connectivity index is 0.000000274. The van der Waals surface area contributed by atoms with E-state index in [2.05, 4.69) is 5.32 Å². The molecule has 0 radical (unpaired) electrons. The Kier molecular flexibility index (Phi) is 6.49. The standard InChI is InChI=1S/C13H11N3O4.C4H6O6/c14-7-3-1-2-6-10(7)13(20)16(12(6)19)8-4-5-9(17)15-11(8)18;5-1(3(7)8)2(6)4(9)10/h1-3,8H,4-5,14H2,(H,15,17,18);1-2,5-6H,(H,7,8)(H,9,10). The first-order valence-corrected chi connectivity index (χ1v) is 8.39. The predicted molar refractivity (Wildman–Crippen MR) is 94.8 cm³/mol. The van der Waals surface area contributed by atoms with Crippen molar-refractivity contribution in [3.05, 3.63) is 29.3 Å². The summed E-state index contributed by atoms with van der Waals surface area (Å²) in [5, 5.41) is 34.7. The van der Waals surface area contributed by atoms with E-state index in [1.165, 1.54) is 12.1 Å². The lowest BCUT2D eigenvalue weighted by Gasteiger charge is -2.27. The number of piperidine rings is 1. The fraction of sp³-hybridized carbons (Fsp3) is 0.294. The Morgan fingerprint density at radius 1 is 1.03 bits per heavy atom. The highest BCUT2D eigenvalue weighted by Crippen LogP contribution is 2.30. The maximum atomic E-state index is 12.3. The van der Waals surface area contributed by atoms with Crippen LogP contribution in [0.1, 0.15) is 33.6 Å². The van der Waals surface area contributed by atoms with Crippen LogP contribution in [0.25, 0.3) is 0 Å². The predicted octanol–water partition coefficient (Wildman–Crippen LogP) is -2.45. The van der Waals surface area contributed by atoms with Gasteiger partial charge in [0.1, 0.15) is 6.04 Å². The van der Waals surface area contributed by atoms with Crippen LogP contribution in [0, 0.1) is 0 Å². The van der Waals surface area contributed by atoms with E-state index in [9.17, 15) is 28.8 Å². The van der Waals surface area contributed by atoms with Crippen molar-refractivity contribution in [2.45, 2.75) is 31.1 Å². The molecule has 0 spiro atoms. The molecule has 1 aromatic carbocycles. The van der Waals surface area contributed by atoms with Gasteiger partial charge in [-0.3, -0.25) is 29.4 Å². The Hall–Kier alpha value is -3.84. The van der Waals surface area contributed by atoms with Crippen LogP contribution in [-0.2, 0) is 19.2 Å². The number of benzene rings is 1. The Bertz CT molecular complexity index is 926. The number of aliphatic hydroxyl groups is 2. The molecule has 160 valence electrons. The van der Waals surface area contributed by atoms with E-state index in [-0.39, 0.29) is 29.7 Å². The lowest BCUT2D eigenvalue weighted by molar-refractivity contribution is -0.165. The number of nitrogens with one attached hydrogen (secondary N) is 1. The van der Waals surface area contributed by atoms with Crippen LogP contribution in [0.15, 0.2) is 18.2 Å². The molecule has 1 saturated heterocycles. The highest BCUT2D eigenvalue weighted by Gasteiger charge is 2.45. The molecule has 4 amide bonds. The van der Waals surface area contributed by atoms with Crippen molar-refractivity contribution < 1.29 is 49.2 Å². The number of rotatable bonds is 4. The average Bonchev–Trinajstić information content (AvgIpc) is 2.93. The van der Waals surface area contributed by atoms with Crippen LogP contribution in [0.4, 0.5) is 5.69 Å². The van der Waals surface area contributed by atoms with Gasteiger partial charge in [-0.2, -0.15) is 0 Å². The summed E-state index contributed by atoms with van der Waals surface area (Å²) in [4.78, 5) is 68.0. The second kappa shape index (κ2) is 8.67. The monoisotopic (exact) mass is 423 g/mol. The molecule has 0 aromatic heterocycles. The molecule has 13 heteroatoms. The Labute approximate surface area is 167 Å². The minimum absolute atomic E-state index is 0.0965. The molecule has 0 saturated carbocycles. The topological polar surface area (TPSA) is 225 Å². The highest BCUT2D eigenvalue weighted by atomic mass is 16.4. The second-order valence-electron chi connectivity index (χ2n) is 6.28. The van der Waals surface area contributed by atoms with E-state index in [1.54, 1.807) is 6.07 Å². The molecule has 1 fully saturated rings. The van der Waals surface area contributed by atoms with Gasteiger partial charge in [0.2, 0.25) is 11.8 Å². The number of amides is 4. The average molecular weight is 423 g/mol. The Morgan fingerprint density at radius 3 is 2.07 bits per heavy atom. The van der Waals surface area contributed by atoms with Crippen LogP contribution in [-0.4, -0.2) is 79.1 Å². The number of fused-ring (bicyclic) bond motifs is 1. The molecular weight excluding hydrogens is 406 g/mol. The number of imide groups is 2. The fourth-order valence-corrected chi connectivity index (χ4v) is 2.81. The third-order valence-electron chi connectivity index (χ3n) is 4.31. The second-order valence-corrected chi connectivity index (χ2v) is 6.28. The van der Waals surface area contributed by atoms with Crippen LogP contribution in [0.3, 0.4) is 0 Å². The zero-order valence-corrected chi connectivity index (χ0v) is 15.1. The van der Waals surface area contributed by atoms with E-state index >= 15 is 0 Å². The third kappa shape index (κ3) is 4.26. The van der Waals surface area contributed by atoms with Gasteiger partial charge in [-0.15, -0.1) is 0 Å². The molecule has 3 unspecified atom stereocenters. The summed E-state index contributed by atoms with van der Waals surface area (Å²) in [6.07, 6.45) is -4.30. The quantitative estimate of drug-likeness (QED) is 0.220. The molecule has 0 aliphatic carbocycles. The summed E-state index contributed by atoms with van der Waals surface area (Å²) in [5.41, 5.74) is 6.24. The lowest BCUT2D eigenvalue weighted by Crippen LogP contribution is -2.54. The highest BCUT2D eigenvalue weighted by molar-refractivity contribution is 6.25. The number of carbonyl (C=O) groups excluding carboxylic acids is 4. The van der Waals surface area contributed by atoms with Gasteiger partial charge in [0.05, 0.1) is 11.1 Å². The van der Waals surface area contributed by atoms with Crippen molar-refractivity contribution in [1.29, 1.82) is 0 Å².